The molecular weight excluding hydrogens is 348 g/mol. The minimum absolute atomic E-state index is 0.0565. The molecule has 1 aromatic carbocycles. The third-order valence-corrected chi connectivity index (χ3v) is 5.94. The number of ether oxygens (including phenoxy) is 1. The number of thiophene rings is 1. The van der Waals surface area contributed by atoms with E-state index >= 15 is 0 Å². The Morgan fingerprint density at radius 3 is 2.65 bits per heavy atom. The molecule has 2 aromatic rings. The van der Waals surface area contributed by atoms with E-state index in [-0.39, 0.29) is 23.8 Å². The molecule has 3 rings (SSSR count). The van der Waals surface area contributed by atoms with E-state index in [1.165, 1.54) is 11.3 Å². The number of nitrogens with zero attached hydrogens (tertiary/aromatic N) is 1. The van der Waals surface area contributed by atoms with E-state index in [0.717, 1.165) is 34.7 Å². The third-order valence-electron chi connectivity index (χ3n) is 4.80. The lowest BCUT2D eigenvalue weighted by atomic mass is 10.1. The number of benzene rings is 1. The van der Waals surface area contributed by atoms with Crippen LogP contribution in [0.4, 0.5) is 5.00 Å². The van der Waals surface area contributed by atoms with E-state index < -0.39 is 0 Å². The molecule has 1 aliphatic rings. The lowest BCUT2D eigenvalue weighted by Crippen LogP contribution is -2.29. The summed E-state index contributed by atoms with van der Waals surface area (Å²) in [4.78, 5) is 27.3. The van der Waals surface area contributed by atoms with Crippen LogP contribution in [-0.2, 0) is 4.79 Å². The maximum Gasteiger partial charge on any atom is 0.264 e. The fourth-order valence-corrected chi connectivity index (χ4v) is 3.94. The van der Waals surface area contributed by atoms with E-state index in [1.54, 1.807) is 19.1 Å². The van der Waals surface area contributed by atoms with Crippen molar-refractivity contribution in [1.82, 2.24) is 4.90 Å². The largest absolute Gasteiger partial charge is 0.496 e. The van der Waals surface area contributed by atoms with Gasteiger partial charge in [-0.2, -0.15) is 0 Å². The van der Waals surface area contributed by atoms with E-state index in [1.807, 2.05) is 44.2 Å². The number of amides is 2. The SMILES string of the molecule is COc1ccccc1C(C)N(C)C(=O)c1sc(NC(=O)C2CC2)cc1C. The predicted molar refractivity (Wildman–Crippen MR) is 104 cm³/mol. The molecule has 2 amide bonds. The van der Waals surface area contributed by atoms with Gasteiger partial charge in [0.05, 0.1) is 23.0 Å². The zero-order valence-electron chi connectivity index (χ0n) is 15.5. The number of para-hydroxylation sites is 1. The molecule has 0 spiro atoms. The molecule has 5 nitrogen and oxygen atoms in total. The van der Waals surface area contributed by atoms with Crippen molar-refractivity contribution in [3.63, 3.8) is 0 Å². The lowest BCUT2D eigenvalue weighted by Gasteiger charge is -2.26. The highest BCUT2D eigenvalue weighted by Gasteiger charge is 2.30. The van der Waals surface area contributed by atoms with Gasteiger partial charge in [-0.15, -0.1) is 11.3 Å². The monoisotopic (exact) mass is 372 g/mol. The first kappa shape index (κ1) is 18.5. The van der Waals surface area contributed by atoms with Gasteiger partial charge < -0.3 is 15.0 Å². The first-order valence-corrected chi connectivity index (χ1v) is 9.55. The Labute approximate surface area is 158 Å². The van der Waals surface area contributed by atoms with Gasteiger partial charge in [0.25, 0.3) is 5.91 Å². The van der Waals surface area contributed by atoms with Crippen LogP contribution in [-0.4, -0.2) is 30.9 Å². The summed E-state index contributed by atoms with van der Waals surface area (Å²) in [5.74, 6) is 0.906. The first-order valence-electron chi connectivity index (χ1n) is 8.73. The fraction of sp³-hybridized carbons (Fsp3) is 0.400. The summed E-state index contributed by atoms with van der Waals surface area (Å²) in [5, 5.41) is 3.66. The number of methoxy groups -OCH3 is 1. The number of aryl methyl sites for hydroxylation is 1. The Hall–Kier alpha value is -2.34. The summed E-state index contributed by atoms with van der Waals surface area (Å²) in [6.07, 6.45) is 1.92. The predicted octanol–water partition coefficient (Wildman–Crippen LogP) is 4.25. The normalized spacial score (nSPS) is 14.6. The van der Waals surface area contributed by atoms with E-state index in [0.29, 0.717) is 4.88 Å². The van der Waals surface area contributed by atoms with Gasteiger partial charge in [-0.1, -0.05) is 18.2 Å². The number of hydrogen-bond acceptors (Lipinski definition) is 4. The Morgan fingerprint density at radius 2 is 2.00 bits per heavy atom. The topological polar surface area (TPSA) is 58.6 Å². The average molecular weight is 372 g/mol. The van der Waals surface area contributed by atoms with E-state index in [2.05, 4.69) is 5.32 Å². The van der Waals surface area contributed by atoms with Crippen LogP contribution < -0.4 is 10.1 Å². The van der Waals surface area contributed by atoms with Crippen molar-refractivity contribution in [1.29, 1.82) is 0 Å². The summed E-state index contributed by atoms with van der Waals surface area (Å²) in [7, 11) is 3.42. The van der Waals surface area contributed by atoms with Crippen LogP contribution in [0.5, 0.6) is 5.75 Å². The minimum Gasteiger partial charge on any atom is -0.496 e. The minimum atomic E-state index is -0.135. The van der Waals surface area contributed by atoms with Crippen molar-refractivity contribution in [3.05, 3.63) is 46.3 Å². The molecule has 1 N–H and O–H groups in total. The van der Waals surface area contributed by atoms with Gasteiger partial charge in [-0.05, 0) is 44.4 Å². The molecule has 1 aliphatic carbocycles. The van der Waals surface area contributed by atoms with Crippen LogP contribution in [0.2, 0.25) is 0 Å². The highest BCUT2D eigenvalue weighted by atomic mass is 32.1. The number of carbonyl (C=O) groups excluding carboxylic acids is 2. The van der Waals surface area contributed by atoms with Gasteiger partial charge in [0, 0.05) is 18.5 Å². The quantitative estimate of drug-likeness (QED) is 0.825. The molecule has 26 heavy (non-hydrogen) atoms. The number of nitrogens with one attached hydrogen (secondary N) is 1. The Kier molecular flexibility index (Phi) is 5.32. The molecule has 0 radical (unpaired) electrons. The summed E-state index contributed by atoms with van der Waals surface area (Å²) in [6, 6.07) is 9.45. The standard InChI is InChI=1S/C20H24N2O3S/c1-12-11-17(21-19(23)14-9-10-14)26-18(12)20(24)22(3)13(2)15-7-5-6-8-16(15)25-4/h5-8,11,13-14H,9-10H2,1-4H3,(H,21,23). The molecule has 0 bridgehead atoms. The van der Waals surface area contributed by atoms with Crippen LogP contribution >= 0.6 is 11.3 Å². The number of carbonyl (C=O) groups is 2. The smallest absolute Gasteiger partial charge is 0.264 e. The molecule has 1 unspecified atom stereocenters. The molecule has 1 aromatic heterocycles. The second-order valence-corrected chi connectivity index (χ2v) is 7.77. The molecule has 6 heteroatoms. The van der Waals surface area contributed by atoms with Crippen LogP contribution in [0.1, 0.15) is 46.6 Å². The third kappa shape index (κ3) is 3.75. The van der Waals surface area contributed by atoms with Gasteiger partial charge in [-0.3, -0.25) is 9.59 Å². The zero-order chi connectivity index (χ0) is 18.8. The summed E-state index contributed by atoms with van der Waals surface area (Å²) in [6.45, 7) is 3.88. The number of rotatable bonds is 6. The molecule has 1 atom stereocenters. The molecule has 1 fully saturated rings. The Bertz CT molecular complexity index is 826. The van der Waals surface area contributed by atoms with Crippen LogP contribution in [0.3, 0.4) is 0 Å². The molecule has 1 heterocycles. The van der Waals surface area contributed by atoms with Crippen LogP contribution in [0.25, 0.3) is 0 Å². The average Bonchev–Trinajstić information content (AvgIpc) is 3.43. The second-order valence-electron chi connectivity index (χ2n) is 6.72. The summed E-state index contributed by atoms with van der Waals surface area (Å²) >= 11 is 1.34. The summed E-state index contributed by atoms with van der Waals surface area (Å²) < 4.78 is 5.42. The maximum atomic E-state index is 13.0. The van der Waals surface area contributed by atoms with Crippen molar-refractivity contribution in [2.75, 3.05) is 19.5 Å². The van der Waals surface area contributed by atoms with Crippen molar-refractivity contribution in [2.45, 2.75) is 32.7 Å². The maximum absolute atomic E-state index is 13.0. The molecule has 0 aliphatic heterocycles. The zero-order valence-corrected chi connectivity index (χ0v) is 16.4. The van der Waals surface area contributed by atoms with Gasteiger partial charge in [0.2, 0.25) is 5.91 Å². The Morgan fingerprint density at radius 1 is 1.31 bits per heavy atom. The second kappa shape index (κ2) is 7.50. The van der Waals surface area contributed by atoms with Crippen molar-refractivity contribution in [2.24, 2.45) is 5.92 Å². The highest BCUT2D eigenvalue weighted by molar-refractivity contribution is 7.18. The van der Waals surface area contributed by atoms with Gasteiger partial charge in [-0.25, -0.2) is 0 Å². The molecule has 138 valence electrons. The van der Waals surface area contributed by atoms with Crippen molar-refractivity contribution >= 4 is 28.2 Å². The van der Waals surface area contributed by atoms with Crippen LogP contribution in [0, 0.1) is 12.8 Å². The van der Waals surface area contributed by atoms with E-state index in [4.69, 9.17) is 4.74 Å². The number of anilines is 1. The molecule has 0 saturated heterocycles. The van der Waals surface area contributed by atoms with Crippen LogP contribution in [0.15, 0.2) is 30.3 Å². The van der Waals surface area contributed by atoms with Gasteiger partial charge >= 0.3 is 0 Å². The molecule has 1 saturated carbocycles. The lowest BCUT2D eigenvalue weighted by molar-refractivity contribution is -0.117. The Balaban J connectivity index is 1.77. The van der Waals surface area contributed by atoms with Crippen molar-refractivity contribution < 1.29 is 14.3 Å². The van der Waals surface area contributed by atoms with Gasteiger partial charge in [0.15, 0.2) is 0 Å². The highest BCUT2D eigenvalue weighted by Crippen LogP contribution is 2.34. The van der Waals surface area contributed by atoms with Gasteiger partial charge in [0.1, 0.15) is 5.75 Å². The fourth-order valence-electron chi connectivity index (χ4n) is 2.88. The van der Waals surface area contributed by atoms with Crippen molar-refractivity contribution in [3.8, 4) is 5.75 Å². The molecular formula is C20H24N2O3S. The van der Waals surface area contributed by atoms with E-state index in [9.17, 15) is 9.59 Å². The number of hydrogen-bond donors (Lipinski definition) is 1. The first-order chi connectivity index (χ1) is 12.4. The summed E-state index contributed by atoms with van der Waals surface area (Å²) in [5.41, 5.74) is 1.84.